The summed E-state index contributed by atoms with van der Waals surface area (Å²) in [5, 5.41) is 6.23. The van der Waals surface area contributed by atoms with Crippen LogP contribution in [0.2, 0.25) is 0 Å². The summed E-state index contributed by atoms with van der Waals surface area (Å²) >= 11 is 0. The first-order valence-corrected chi connectivity index (χ1v) is 14.3. The van der Waals surface area contributed by atoms with Crippen molar-refractivity contribution < 1.29 is 14.4 Å². The van der Waals surface area contributed by atoms with Crippen LogP contribution >= 0.6 is 0 Å². The summed E-state index contributed by atoms with van der Waals surface area (Å²) in [6, 6.07) is 23.9. The molecule has 0 bridgehead atoms. The zero-order chi connectivity index (χ0) is 30.3. The van der Waals surface area contributed by atoms with E-state index in [-0.39, 0.29) is 44.0 Å². The average molecular weight is 580 g/mol. The highest BCUT2D eigenvalue weighted by molar-refractivity contribution is 5.92. The van der Waals surface area contributed by atoms with Crippen molar-refractivity contribution in [3.05, 3.63) is 120 Å². The minimum atomic E-state index is -0.742. The quantitative estimate of drug-likeness (QED) is 0.182. The Morgan fingerprint density at radius 2 is 1.67 bits per heavy atom. The number of benzene rings is 3. The van der Waals surface area contributed by atoms with Gasteiger partial charge in [0.15, 0.2) is 0 Å². The molecule has 0 unspecified atom stereocenters. The van der Waals surface area contributed by atoms with Crippen LogP contribution in [0.5, 0.6) is 0 Å². The molecule has 0 spiro atoms. The van der Waals surface area contributed by atoms with Crippen LogP contribution in [-0.2, 0) is 29.1 Å². The SMILES string of the molecule is C=CCN(C(=O)NCc1ccccc1)N1CC(=O)N2[C@@H](Cc3ccccc3)C(=O)N(Cc3cccc(C=C)c3NN)C[C@@H]21. The van der Waals surface area contributed by atoms with Gasteiger partial charge in [0.1, 0.15) is 12.2 Å². The molecule has 2 fully saturated rings. The van der Waals surface area contributed by atoms with Crippen molar-refractivity contribution in [2.75, 3.05) is 25.1 Å². The summed E-state index contributed by atoms with van der Waals surface area (Å²) in [7, 11) is 0. The van der Waals surface area contributed by atoms with Gasteiger partial charge in [-0.1, -0.05) is 97.6 Å². The highest BCUT2D eigenvalue weighted by Crippen LogP contribution is 2.31. The van der Waals surface area contributed by atoms with Crippen molar-refractivity contribution in [3.8, 4) is 0 Å². The maximum atomic E-state index is 14.1. The van der Waals surface area contributed by atoms with E-state index in [1.165, 1.54) is 5.01 Å². The van der Waals surface area contributed by atoms with Crippen LogP contribution < -0.4 is 16.6 Å². The normalized spacial score (nSPS) is 18.3. The van der Waals surface area contributed by atoms with Gasteiger partial charge < -0.3 is 20.5 Å². The predicted octanol–water partition coefficient (Wildman–Crippen LogP) is 3.35. The van der Waals surface area contributed by atoms with Crippen molar-refractivity contribution >= 4 is 29.6 Å². The van der Waals surface area contributed by atoms with Crippen LogP contribution in [0.1, 0.15) is 22.3 Å². The number of nitrogens with zero attached hydrogens (tertiary/aromatic N) is 4. The molecule has 0 radical (unpaired) electrons. The minimum absolute atomic E-state index is 0.0365. The number of para-hydroxylation sites is 1. The number of hydrazine groups is 2. The molecule has 5 rings (SSSR count). The Hall–Kier alpha value is -4.93. The standard InChI is InChI=1S/C33H37N7O3/c1-3-18-38(33(43)35-20-25-14-9-6-10-15-25)39-23-30(41)40-28(19-24-12-7-5-8-13-24)32(42)37(22-29(39)40)21-27-17-11-16-26(4-2)31(27)36-34/h3-17,28-29,36H,1-2,18-23,34H2,(H,35,43)/t28-,29+/m0/s1. The molecule has 2 atom stereocenters. The van der Waals surface area contributed by atoms with E-state index in [9.17, 15) is 14.4 Å². The van der Waals surface area contributed by atoms with E-state index in [0.29, 0.717) is 18.7 Å². The van der Waals surface area contributed by atoms with Gasteiger partial charge in [0.2, 0.25) is 11.8 Å². The van der Waals surface area contributed by atoms with E-state index in [0.717, 1.165) is 22.3 Å². The topological polar surface area (TPSA) is 114 Å². The Balaban J connectivity index is 1.46. The molecule has 2 saturated heterocycles. The molecule has 222 valence electrons. The molecule has 0 aromatic heterocycles. The molecule has 0 aliphatic carbocycles. The van der Waals surface area contributed by atoms with Gasteiger partial charge >= 0.3 is 6.03 Å². The first kappa shape index (κ1) is 29.6. The number of carbonyl (C=O) groups excluding carboxylic acids is 3. The Labute approximate surface area is 252 Å². The van der Waals surface area contributed by atoms with Gasteiger partial charge in [-0.15, -0.1) is 6.58 Å². The van der Waals surface area contributed by atoms with Crippen LogP contribution in [0, 0.1) is 0 Å². The zero-order valence-electron chi connectivity index (χ0n) is 24.1. The van der Waals surface area contributed by atoms with Gasteiger partial charge in [0.25, 0.3) is 0 Å². The fourth-order valence-corrected chi connectivity index (χ4v) is 5.82. The van der Waals surface area contributed by atoms with Crippen LogP contribution in [-0.4, -0.2) is 69.5 Å². The summed E-state index contributed by atoms with van der Waals surface area (Å²) in [5.41, 5.74) is 6.96. The molecular weight excluding hydrogens is 542 g/mol. The van der Waals surface area contributed by atoms with Crippen molar-refractivity contribution in [2.45, 2.75) is 31.7 Å². The smallest absolute Gasteiger partial charge is 0.332 e. The second-order valence-electron chi connectivity index (χ2n) is 10.5. The molecular formula is C33H37N7O3. The summed E-state index contributed by atoms with van der Waals surface area (Å²) in [4.78, 5) is 44.6. The fourth-order valence-electron chi connectivity index (χ4n) is 5.82. The highest BCUT2D eigenvalue weighted by atomic mass is 16.2. The lowest BCUT2D eigenvalue weighted by molar-refractivity contribution is -0.157. The molecule has 0 saturated carbocycles. The molecule has 2 aliphatic heterocycles. The van der Waals surface area contributed by atoms with Crippen LogP contribution in [0.25, 0.3) is 6.08 Å². The van der Waals surface area contributed by atoms with E-state index in [4.69, 9.17) is 5.84 Å². The Kier molecular flexibility index (Phi) is 9.19. The first-order chi connectivity index (χ1) is 20.9. The van der Waals surface area contributed by atoms with E-state index >= 15 is 0 Å². The summed E-state index contributed by atoms with van der Waals surface area (Å²) in [6.07, 6.45) is 3.12. The number of nitrogens with one attached hydrogen (secondary N) is 2. The van der Waals surface area contributed by atoms with E-state index < -0.39 is 12.2 Å². The van der Waals surface area contributed by atoms with Gasteiger partial charge in [0.05, 0.1) is 25.3 Å². The molecule has 3 aromatic rings. The number of rotatable bonds is 11. The number of urea groups is 1. The van der Waals surface area contributed by atoms with Gasteiger partial charge in [-0.3, -0.25) is 20.4 Å². The van der Waals surface area contributed by atoms with Crippen LogP contribution in [0.3, 0.4) is 0 Å². The molecule has 10 heteroatoms. The molecule has 3 aromatic carbocycles. The van der Waals surface area contributed by atoms with Gasteiger partial charge in [-0.05, 0) is 22.3 Å². The molecule has 2 aliphatic rings. The van der Waals surface area contributed by atoms with Crippen molar-refractivity contribution in [1.29, 1.82) is 0 Å². The largest absolute Gasteiger partial charge is 0.333 e. The third kappa shape index (κ3) is 6.30. The lowest BCUT2D eigenvalue weighted by atomic mass is 9.99. The number of nitrogens with two attached hydrogens (primary N) is 1. The maximum Gasteiger partial charge on any atom is 0.332 e. The number of nitrogen functional groups attached to an aromatic ring is 1. The molecule has 43 heavy (non-hydrogen) atoms. The van der Waals surface area contributed by atoms with Crippen LogP contribution in [0.15, 0.2) is 98.1 Å². The molecule has 2 heterocycles. The molecule has 10 nitrogen and oxygen atoms in total. The Morgan fingerprint density at radius 1 is 0.977 bits per heavy atom. The lowest BCUT2D eigenvalue weighted by Gasteiger charge is -2.46. The number of piperazine rings is 1. The summed E-state index contributed by atoms with van der Waals surface area (Å²) in [5.74, 6) is 5.51. The number of fused-ring (bicyclic) bond motifs is 1. The van der Waals surface area contributed by atoms with Crippen molar-refractivity contribution in [2.24, 2.45) is 5.84 Å². The lowest BCUT2D eigenvalue weighted by Crippen LogP contribution is -2.66. The second-order valence-corrected chi connectivity index (χ2v) is 10.5. The highest BCUT2D eigenvalue weighted by Gasteiger charge is 2.52. The summed E-state index contributed by atoms with van der Waals surface area (Å²) < 4.78 is 0. The first-order valence-electron chi connectivity index (χ1n) is 14.3. The van der Waals surface area contributed by atoms with Gasteiger partial charge in [0, 0.05) is 19.5 Å². The van der Waals surface area contributed by atoms with Crippen LogP contribution in [0.4, 0.5) is 10.5 Å². The number of hydrogen-bond acceptors (Lipinski definition) is 6. The third-order valence-corrected chi connectivity index (χ3v) is 7.88. The van der Waals surface area contributed by atoms with Gasteiger partial charge in [-0.25, -0.2) is 4.79 Å². The minimum Gasteiger partial charge on any atom is -0.333 e. The number of anilines is 1. The Bertz CT molecular complexity index is 1480. The molecule has 4 N–H and O–H groups in total. The number of carbonyl (C=O) groups is 3. The maximum absolute atomic E-state index is 14.1. The van der Waals surface area contributed by atoms with E-state index in [2.05, 4.69) is 23.9 Å². The predicted molar refractivity (Wildman–Crippen MR) is 167 cm³/mol. The van der Waals surface area contributed by atoms with E-state index in [1.54, 1.807) is 27.0 Å². The summed E-state index contributed by atoms with van der Waals surface area (Å²) in [6.45, 7) is 8.68. The van der Waals surface area contributed by atoms with Crippen molar-refractivity contribution in [1.82, 2.24) is 25.1 Å². The molecule has 4 amide bonds. The fraction of sp³-hybridized carbons (Fsp3) is 0.242. The monoisotopic (exact) mass is 579 g/mol. The van der Waals surface area contributed by atoms with Gasteiger partial charge in [-0.2, -0.15) is 5.01 Å². The number of hydrogen-bond donors (Lipinski definition) is 3. The zero-order valence-corrected chi connectivity index (χ0v) is 24.1. The van der Waals surface area contributed by atoms with E-state index in [1.807, 2.05) is 78.9 Å². The average Bonchev–Trinajstić information content (AvgIpc) is 3.36. The number of amides is 4. The third-order valence-electron chi connectivity index (χ3n) is 7.88. The van der Waals surface area contributed by atoms with Crippen molar-refractivity contribution in [3.63, 3.8) is 0 Å². The Morgan fingerprint density at radius 3 is 2.33 bits per heavy atom. The second kappa shape index (κ2) is 13.4.